The summed E-state index contributed by atoms with van der Waals surface area (Å²) in [4.78, 5) is 0. The third kappa shape index (κ3) is 2.67. The van der Waals surface area contributed by atoms with Gasteiger partial charge in [-0.3, -0.25) is 0 Å². The number of halogens is 4. The fraction of sp³-hybridized carbons (Fsp3) is 0.571. The van der Waals surface area contributed by atoms with E-state index in [-0.39, 0.29) is 12.1 Å². The van der Waals surface area contributed by atoms with Crippen molar-refractivity contribution in [3.05, 3.63) is 40.5 Å². The molecule has 0 bridgehead atoms. The summed E-state index contributed by atoms with van der Waals surface area (Å²) < 4.78 is 51.2. The van der Waals surface area contributed by atoms with Crippen LogP contribution in [0, 0.1) is 23.6 Å². The molecule has 2 unspecified atom stereocenters. The smallest absolute Gasteiger partial charge is 0.416 e. The SMILES string of the molecule is Fc1ccc(C(F)(F)F)cc1C[N-]CC1C2CNCC12. The Hall–Kier alpha value is -1.14. The van der Waals surface area contributed by atoms with E-state index in [0.29, 0.717) is 24.3 Å². The third-order valence-electron chi connectivity index (χ3n) is 4.26. The first-order valence-electron chi connectivity index (χ1n) is 6.66. The Morgan fingerprint density at radius 2 is 1.90 bits per heavy atom. The Labute approximate surface area is 114 Å². The fourth-order valence-corrected chi connectivity index (χ4v) is 3.02. The van der Waals surface area contributed by atoms with E-state index in [9.17, 15) is 17.6 Å². The summed E-state index contributed by atoms with van der Waals surface area (Å²) in [5.74, 6) is 1.22. The summed E-state index contributed by atoms with van der Waals surface area (Å²) in [6.07, 6.45) is -4.44. The van der Waals surface area contributed by atoms with Crippen LogP contribution in [0.25, 0.3) is 5.32 Å². The second kappa shape index (κ2) is 5.00. The van der Waals surface area contributed by atoms with E-state index in [1.54, 1.807) is 0 Å². The Morgan fingerprint density at radius 3 is 2.55 bits per heavy atom. The Kier molecular flexibility index (Phi) is 3.46. The fourth-order valence-electron chi connectivity index (χ4n) is 3.02. The normalized spacial score (nSPS) is 28.5. The van der Waals surface area contributed by atoms with Crippen LogP contribution in [0.1, 0.15) is 11.1 Å². The Bertz CT molecular complexity index is 490. The van der Waals surface area contributed by atoms with Gasteiger partial charge in [0.1, 0.15) is 5.82 Å². The monoisotopic (exact) mass is 287 g/mol. The number of rotatable bonds is 4. The maximum atomic E-state index is 13.5. The van der Waals surface area contributed by atoms with Crippen molar-refractivity contribution in [3.63, 3.8) is 0 Å². The van der Waals surface area contributed by atoms with Crippen LogP contribution in [-0.2, 0) is 12.7 Å². The lowest BCUT2D eigenvalue weighted by Gasteiger charge is -2.21. The summed E-state index contributed by atoms with van der Waals surface area (Å²) in [5, 5.41) is 7.50. The molecule has 1 heterocycles. The molecular formula is C14H15F4N2-. The van der Waals surface area contributed by atoms with Crippen LogP contribution >= 0.6 is 0 Å². The molecule has 0 spiro atoms. The molecule has 1 saturated carbocycles. The highest BCUT2D eigenvalue weighted by molar-refractivity contribution is 5.28. The van der Waals surface area contributed by atoms with Gasteiger partial charge in [-0.25, -0.2) is 4.39 Å². The molecule has 110 valence electrons. The van der Waals surface area contributed by atoms with Gasteiger partial charge in [-0.1, -0.05) is 5.92 Å². The molecule has 0 aromatic heterocycles. The topological polar surface area (TPSA) is 26.1 Å². The highest BCUT2D eigenvalue weighted by Gasteiger charge is 2.49. The lowest BCUT2D eigenvalue weighted by atomic mass is 10.1. The van der Waals surface area contributed by atoms with Gasteiger partial charge in [-0.2, -0.15) is 13.2 Å². The number of alkyl halides is 3. The quantitative estimate of drug-likeness (QED) is 0.846. The van der Waals surface area contributed by atoms with Crippen molar-refractivity contribution in [2.45, 2.75) is 12.7 Å². The molecule has 2 fully saturated rings. The van der Waals surface area contributed by atoms with Crippen LogP contribution in [0.5, 0.6) is 0 Å². The molecule has 1 aliphatic heterocycles. The molecular weight excluding hydrogens is 272 g/mol. The standard InChI is InChI=1S/C14H15F4N2/c15-13-2-1-9(14(16,17)18)3-8(13)4-19-5-10-11-6-20-7-12(10)11/h1-3,10-12,20H,4-7H2/q-1. The minimum absolute atomic E-state index is 0.0130. The summed E-state index contributed by atoms with van der Waals surface area (Å²) in [6, 6.07) is 2.48. The van der Waals surface area contributed by atoms with E-state index in [1.807, 2.05) is 0 Å². The van der Waals surface area contributed by atoms with Crippen LogP contribution in [0.4, 0.5) is 17.6 Å². The molecule has 1 aromatic carbocycles. The third-order valence-corrected chi connectivity index (χ3v) is 4.26. The van der Waals surface area contributed by atoms with Gasteiger partial charge < -0.3 is 10.6 Å². The van der Waals surface area contributed by atoms with E-state index in [0.717, 1.165) is 31.3 Å². The van der Waals surface area contributed by atoms with E-state index in [1.165, 1.54) is 0 Å². The van der Waals surface area contributed by atoms with Gasteiger partial charge in [0.05, 0.1) is 5.56 Å². The molecule has 6 heteroatoms. The van der Waals surface area contributed by atoms with Gasteiger partial charge in [0.15, 0.2) is 0 Å². The van der Waals surface area contributed by atoms with E-state index >= 15 is 0 Å². The zero-order valence-corrected chi connectivity index (χ0v) is 10.8. The summed E-state index contributed by atoms with van der Waals surface area (Å²) >= 11 is 0. The predicted molar refractivity (Wildman–Crippen MR) is 66.7 cm³/mol. The molecule has 1 aliphatic carbocycles. The van der Waals surface area contributed by atoms with Gasteiger partial charge in [-0.15, -0.1) is 13.1 Å². The van der Waals surface area contributed by atoms with Crippen LogP contribution in [0.2, 0.25) is 0 Å². The number of nitrogens with one attached hydrogen (secondary N) is 1. The lowest BCUT2D eigenvalue weighted by Crippen LogP contribution is -2.16. The Morgan fingerprint density at radius 1 is 1.20 bits per heavy atom. The van der Waals surface area contributed by atoms with Crippen molar-refractivity contribution in [2.24, 2.45) is 17.8 Å². The zero-order valence-electron chi connectivity index (χ0n) is 10.8. The van der Waals surface area contributed by atoms with Crippen molar-refractivity contribution < 1.29 is 17.6 Å². The minimum Gasteiger partial charge on any atom is -0.658 e. The van der Waals surface area contributed by atoms with E-state index in [4.69, 9.17) is 0 Å². The molecule has 2 atom stereocenters. The largest absolute Gasteiger partial charge is 0.658 e. The number of nitrogens with zero attached hydrogens (tertiary/aromatic N) is 1. The van der Waals surface area contributed by atoms with E-state index < -0.39 is 17.6 Å². The average molecular weight is 287 g/mol. The summed E-state index contributed by atoms with van der Waals surface area (Å²) in [6.45, 7) is 2.64. The van der Waals surface area contributed by atoms with Crippen molar-refractivity contribution in [1.29, 1.82) is 0 Å². The molecule has 3 rings (SSSR count). The minimum atomic E-state index is -4.44. The first-order chi connectivity index (χ1) is 9.47. The van der Waals surface area contributed by atoms with Crippen LogP contribution in [-0.4, -0.2) is 19.6 Å². The van der Waals surface area contributed by atoms with Crippen molar-refractivity contribution in [1.82, 2.24) is 5.32 Å². The predicted octanol–water partition coefficient (Wildman–Crippen LogP) is 3.18. The first kappa shape index (κ1) is 13.8. The highest BCUT2D eigenvalue weighted by Crippen LogP contribution is 2.49. The average Bonchev–Trinajstić information content (AvgIpc) is 2.82. The van der Waals surface area contributed by atoms with Gasteiger partial charge in [0.25, 0.3) is 0 Å². The summed E-state index contributed by atoms with van der Waals surface area (Å²) in [5.41, 5.74) is -0.805. The number of piperidine rings is 1. The van der Waals surface area contributed by atoms with Crippen molar-refractivity contribution in [2.75, 3.05) is 19.6 Å². The first-order valence-corrected chi connectivity index (χ1v) is 6.66. The highest BCUT2D eigenvalue weighted by atomic mass is 19.4. The van der Waals surface area contributed by atoms with Crippen LogP contribution in [0.3, 0.4) is 0 Å². The molecule has 1 N–H and O–H groups in total. The van der Waals surface area contributed by atoms with Gasteiger partial charge in [0, 0.05) is 0 Å². The zero-order chi connectivity index (χ0) is 14.3. The molecule has 0 amide bonds. The van der Waals surface area contributed by atoms with Crippen molar-refractivity contribution in [3.8, 4) is 0 Å². The summed E-state index contributed by atoms with van der Waals surface area (Å²) in [7, 11) is 0. The number of hydrogen-bond acceptors (Lipinski definition) is 1. The molecule has 0 radical (unpaired) electrons. The Balaban J connectivity index is 1.56. The maximum absolute atomic E-state index is 13.5. The second-order valence-electron chi connectivity index (χ2n) is 5.52. The number of hydrogen-bond donors (Lipinski definition) is 1. The molecule has 1 saturated heterocycles. The molecule has 2 nitrogen and oxygen atoms in total. The number of fused-ring (bicyclic) bond motifs is 1. The van der Waals surface area contributed by atoms with Gasteiger partial charge >= 0.3 is 6.18 Å². The maximum Gasteiger partial charge on any atom is 0.416 e. The van der Waals surface area contributed by atoms with Crippen LogP contribution < -0.4 is 5.32 Å². The molecule has 2 aliphatic rings. The van der Waals surface area contributed by atoms with E-state index in [2.05, 4.69) is 10.6 Å². The molecule has 20 heavy (non-hydrogen) atoms. The molecule has 1 aromatic rings. The second-order valence-corrected chi connectivity index (χ2v) is 5.52. The van der Waals surface area contributed by atoms with Gasteiger partial charge in [0.2, 0.25) is 0 Å². The lowest BCUT2D eigenvalue weighted by molar-refractivity contribution is -0.137. The number of benzene rings is 1. The van der Waals surface area contributed by atoms with Crippen molar-refractivity contribution >= 4 is 0 Å². The van der Waals surface area contributed by atoms with Gasteiger partial charge in [-0.05, 0) is 48.7 Å². The van der Waals surface area contributed by atoms with Crippen LogP contribution in [0.15, 0.2) is 18.2 Å².